The molecule has 10 heteroatoms. The van der Waals surface area contributed by atoms with E-state index in [0.29, 0.717) is 0 Å². The van der Waals surface area contributed by atoms with Crippen molar-refractivity contribution in [3.63, 3.8) is 0 Å². The lowest BCUT2D eigenvalue weighted by Gasteiger charge is -2.25. The number of carbonyl (C=O) groups is 2. The van der Waals surface area contributed by atoms with Gasteiger partial charge in [0.25, 0.3) is 0 Å². The number of amides is 2. The molecule has 0 bridgehead atoms. The Morgan fingerprint density at radius 3 is 2.53 bits per heavy atom. The van der Waals surface area contributed by atoms with E-state index >= 15 is 0 Å². The van der Waals surface area contributed by atoms with Crippen molar-refractivity contribution in [2.75, 3.05) is 6.54 Å². The molecule has 0 saturated heterocycles. The minimum atomic E-state index is -2.43. The molecule has 5 atom stereocenters. The fraction of sp³-hybridized carbons (Fsp3) is 0.615. The summed E-state index contributed by atoms with van der Waals surface area (Å²) in [5.74, 6) is -0.837. The van der Waals surface area contributed by atoms with Crippen molar-refractivity contribution >= 4 is 30.7 Å². The molecule has 0 spiro atoms. The van der Waals surface area contributed by atoms with E-state index in [9.17, 15) is 24.2 Å². The Hall–Kier alpha value is -2.32. The Balaban J connectivity index is 1.66. The van der Waals surface area contributed by atoms with Crippen LogP contribution in [0.5, 0.6) is 0 Å². The number of benzene rings is 1. The Kier molecular flexibility index (Phi) is 10.4. The molecule has 1 fully saturated rings. The summed E-state index contributed by atoms with van der Waals surface area (Å²) in [6, 6.07) is 6.06. The van der Waals surface area contributed by atoms with Crippen LogP contribution in [0.2, 0.25) is 0 Å². The predicted molar refractivity (Wildman–Crippen MR) is 141 cm³/mol. The lowest BCUT2D eigenvalue weighted by molar-refractivity contribution is -0.130. The maximum atomic E-state index is 13.2. The third-order valence-corrected chi connectivity index (χ3v) is 8.46. The molecule has 0 radical (unpaired) electrons. The first-order valence-electron chi connectivity index (χ1n) is 12.9. The molecule has 3 rings (SSSR count). The summed E-state index contributed by atoms with van der Waals surface area (Å²) in [4.78, 5) is 38.9. The first-order valence-corrected chi connectivity index (χ1v) is 14.2. The number of H-pyrrole nitrogens is 1. The van der Waals surface area contributed by atoms with Gasteiger partial charge < -0.3 is 26.5 Å². The molecule has 36 heavy (non-hydrogen) atoms. The van der Waals surface area contributed by atoms with Crippen molar-refractivity contribution in [2.24, 2.45) is 17.6 Å². The summed E-state index contributed by atoms with van der Waals surface area (Å²) in [6.45, 7) is 3.61. The van der Waals surface area contributed by atoms with Crippen LogP contribution in [0, 0.1) is 11.8 Å². The average molecular weight is 520 g/mol. The third kappa shape index (κ3) is 7.59. The van der Waals surface area contributed by atoms with E-state index in [2.05, 4.69) is 15.6 Å². The van der Waals surface area contributed by atoms with Crippen molar-refractivity contribution in [1.82, 2.24) is 15.6 Å². The van der Waals surface area contributed by atoms with Gasteiger partial charge in [0, 0.05) is 42.4 Å². The molecule has 9 nitrogen and oxygen atoms in total. The van der Waals surface area contributed by atoms with Crippen LogP contribution >= 0.6 is 8.03 Å². The van der Waals surface area contributed by atoms with Gasteiger partial charge in [-0.15, -0.1) is 0 Å². The fourth-order valence-electron chi connectivity index (χ4n) is 4.99. The maximum absolute atomic E-state index is 13.2. The first kappa shape index (κ1) is 28.3. The molecule has 2 amide bonds. The number of hydrogen-bond donors (Lipinski definition) is 6. The Morgan fingerprint density at radius 1 is 1.17 bits per heavy atom. The number of aromatic nitrogens is 1. The molecule has 2 aromatic rings. The Labute approximate surface area is 213 Å². The molecule has 2 unspecified atom stereocenters. The number of aliphatic hydroxyl groups excluding tert-OH is 1. The Bertz CT molecular complexity index is 1040. The zero-order valence-corrected chi connectivity index (χ0v) is 22.0. The smallest absolute Gasteiger partial charge is 0.391 e. The van der Waals surface area contributed by atoms with Crippen molar-refractivity contribution in [3.8, 4) is 0 Å². The van der Waals surface area contributed by atoms with E-state index in [1.165, 1.54) is 0 Å². The summed E-state index contributed by atoms with van der Waals surface area (Å²) in [7, 11) is -2.43. The van der Waals surface area contributed by atoms with Crippen molar-refractivity contribution in [1.29, 1.82) is 0 Å². The zero-order chi connectivity index (χ0) is 26.2. The van der Waals surface area contributed by atoms with Crippen LogP contribution in [-0.2, 0) is 20.6 Å². The van der Waals surface area contributed by atoms with Gasteiger partial charge in [-0.1, -0.05) is 51.3 Å². The lowest BCUT2D eigenvalue weighted by Crippen LogP contribution is -2.54. The van der Waals surface area contributed by atoms with Crippen molar-refractivity contribution in [3.05, 3.63) is 36.0 Å². The number of nitrogens with one attached hydrogen (secondary N) is 3. The number of hydrogen-bond acceptors (Lipinski definition) is 5. The number of aliphatic hydroxyl groups is 1. The Morgan fingerprint density at radius 2 is 1.86 bits per heavy atom. The standard InChI is InChI=1S/C26H39N4O5P/c1-16(2)24(27)26(33)30-22(12-18-14-28-21-11-7-6-10-20(18)21)25(32)29-15-19(31)13-23(36(34)35)17-8-4-3-5-9-17/h6-7,10-11,14,16-17,19,22-24,28,31H,3-5,8-9,12-13,15,27H2,1-2H3,(H2-,29,30,32,33,34,35)/p+1/t19-,22+,23?,24+/m1/s1. The van der Waals surface area contributed by atoms with Gasteiger partial charge in [-0.05, 0) is 35.0 Å². The second kappa shape index (κ2) is 13.3. The van der Waals surface area contributed by atoms with Crippen LogP contribution in [0.3, 0.4) is 0 Å². The van der Waals surface area contributed by atoms with Gasteiger partial charge in [0.05, 0.1) is 12.1 Å². The molecular formula is C26H40N4O5P+. The van der Waals surface area contributed by atoms with Gasteiger partial charge in [-0.3, -0.25) is 9.59 Å². The highest BCUT2D eigenvalue weighted by molar-refractivity contribution is 7.38. The highest BCUT2D eigenvalue weighted by Gasteiger charge is 2.39. The second-order valence-electron chi connectivity index (χ2n) is 10.3. The molecule has 1 aromatic carbocycles. The van der Waals surface area contributed by atoms with Crippen LogP contribution in [-0.4, -0.2) is 57.2 Å². The van der Waals surface area contributed by atoms with Crippen molar-refractivity contribution in [2.45, 2.75) is 82.6 Å². The fourth-order valence-corrected chi connectivity index (χ4v) is 6.07. The van der Waals surface area contributed by atoms with Gasteiger partial charge in [0.15, 0.2) is 5.66 Å². The summed E-state index contributed by atoms with van der Waals surface area (Å²) in [6.07, 6.45) is 6.23. The summed E-state index contributed by atoms with van der Waals surface area (Å²) < 4.78 is 12.0. The lowest BCUT2D eigenvalue weighted by atomic mass is 9.85. The highest BCUT2D eigenvalue weighted by Crippen LogP contribution is 2.40. The number of rotatable bonds is 12. The van der Waals surface area contributed by atoms with E-state index in [1.54, 1.807) is 0 Å². The van der Waals surface area contributed by atoms with Crippen LogP contribution in [0.4, 0.5) is 0 Å². The van der Waals surface area contributed by atoms with Crippen LogP contribution in [0.1, 0.15) is 57.9 Å². The average Bonchev–Trinajstić information content (AvgIpc) is 3.27. The van der Waals surface area contributed by atoms with Gasteiger partial charge in [0.1, 0.15) is 6.04 Å². The minimum Gasteiger partial charge on any atom is -0.391 e. The van der Waals surface area contributed by atoms with Crippen molar-refractivity contribution < 1.29 is 24.2 Å². The van der Waals surface area contributed by atoms with Gasteiger partial charge >= 0.3 is 8.03 Å². The molecule has 1 aliphatic rings. The first-order chi connectivity index (χ1) is 17.2. The van der Waals surface area contributed by atoms with Gasteiger partial charge in [0.2, 0.25) is 11.8 Å². The van der Waals surface area contributed by atoms with E-state index in [4.69, 9.17) is 5.73 Å². The van der Waals surface area contributed by atoms with E-state index in [-0.39, 0.29) is 31.2 Å². The molecule has 1 heterocycles. The van der Waals surface area contributed by atoms with Crippen LogP contribution in [0.15, 0.2) is 30.5 Å². The minimum absolute atomic E-state index is 0.0677. The third-order valence-electron chi connectivity index (χ3n) is 7.26. The molecular weight excluding hydrogens is 479 g/mol. The summed E-state index contributed by atoms with van der Waals surface area (Å²) in [5, 5.41) is 17.1. The molecule has 198 valence electrons. The number of nitrogens with two attached hydrogens (primary N) is 1. The van der Waals surface area contributed by atoms with E-state index < -0.39 is 43.7 Å². The van der Waals surface area contributed by atoms with Gasteiger partial charge in [-0.25, -0.2) is 0 Å². The zero-order valence-electron chi connectivity index (χ0n) is 21.2. The number of carbonyl (C=O) groups excluding carboxylic acids is 2. The largest absolute Gasteiger partial charge is 0.509 e. The SMILES string of the molecule is CC(C)[C@H](N)C(=O)N[C@@H](Cc1c[nH]c2ccccc12)C(=O)NC[C@H](O)CC(C1CCCCC1)[P+](=O)O. The quantitative estimate of drug-likeness (QED) is 0.237. The molecule has 0 aliphatic heterocycles. The molecule has 7 N–H and O–H groups in total. The topological polar surface area (TPSA) is 158 Å². The van der Waals surface area contributed by atoms with Gasteiger partial charge in [-0.2, -0.15) is 4.89 Å². The normalized spacial score (nSPS) is 18.4. The predicted octanol–water partition coefficient (Wildman–Crippen LogP) is 2.73. The molecule has 1 aliphatic carbocycles. The second-order valence-corrected chi connectivity index (χ2v) is 11.6. The summed E-state index contributed by atoms with van der Waals surface area (Å²) >= 11 is 0. The summed E-state index contributed by atoms with van der Waals surface area (Å²) in [5.41, 5.74) is 7.32. The molecule has 1 aromatic heterocycles. The van der Waals surface area contributed by atoms with E-state index in [1.807, 2.05) is 44.3 Å². The van der Waals surface area contributed by atoms with Crippen LogP contribution in [0.25, 0.3) is 10.9 Å². The number of aromatic amines is 1. The number of fused-ring (bicyclic) bond motifs is 1. The monoisotopic (exact) mass is 519 g/mol. The number of para-hydroxylation sites is 1. The highest BCUT2D eigenvalue weighted by atomic mass is 31.1. The molecule has 1 saturated carbocycles. The van der Waals surface area contributed by atoms with E-state index in [0.717, 1.165) is 48.6 Å². The maximum Gasteiger partial charge on any atom is 0.509 e. The van der Waals surface area contributed by atoms with Crippen LogP contribution < -0.4 is 16.4 Å².